The summed E-state index contributed by atoms with van der Waals surface area (Å²) in [5.41, 5.74) is 10.3. The number of para-hydroxylation sites is 1. The Morgan fingerprint density at radius 3 is 2.32 bits per heavy atom. The van der Waals surface area contributed by atoms with Gasteiger partial charge in [0.1, 0.15) is 5.75 Å². The molecule has 5 rings (SSSR count). The summed E-state index contributed by atoms with van der Waals surface area (Å²) in [6, 6.07) is 35.7. The molecule has 1 aliphatic rings. The number of piperidine rings is 1. The van der Waals surface area contributed by atoms with E-state index in [4.69, 9.17) is 10.5 Å². The Morgan fingerprint density at radius 2 is 1.59 bits per heavy atom. The first-order valence-corrected chi connectivity index (χ1v) is 15.5. The number of nitrogens with one attached hydrogen (secondary N) is 1. The lowest BCUT2D eigenvalue weighted by atomic mass is 9.94. The number of amides is 2. The molecule has 0 saturated carbocycles. The Balaban J connectivity index is 1.37. The second kappa shape index (κ2) is 15.3. The summed E-state index contributed by atoms with van der Waals surface area (Å²) >= 11 is 0. The first-order chi connectivity index (χ1) is 21.5. The lowest BCUT2D eigenvalue weighted by Crippen LogP contribution is -2.49. The van der Waals surface area contributed by atoms with Crippen LogP contribution in [0.25, 0.3) is 11.1 Å². The zero-order valence-corrected chi connectivity index (χ0v) is 25.4. The Hall–Kier alpha value is -4.46. The van der Waals surface area contributed by atoms with E-state index < -0.39 is 0 Å². The summed E-state index contributed by atoms with van der Waals surface area (Å²) in [4.78, 5) is 31.3. The average Bonchev–Trinajstić information content (AvgIpc) is 3.08. The number of carbonyl (C=O) groups excluding carboxylic acids is 2. The maximum absolute atomic E-state index is 13.9. The molecule has 1 atom stereocenters. The van der Waals surface area contributed by atoms with Gasteiger partial charge in [-0.15, -0.1) is 0 Å². The minimum absolute atomic E-state index is 0.0254. The minimum Gasteiger partial charge on any atom is -0.484 e. The van der Waals surface area contributed by atoms with E-state index in [0.29, 0.717) is 24.4 Å². The molecule has 0 bridgehead atoms. The molecule has 0 aliphatic carbocycles. The minimum atomic E-state index is -0.189. The number of ether oxygens (including phenoxy) is 1. The molecule has 44 heavy (non-hydrogen) atoms. The van der Waals surface area contributed by atoms with Gasteiger partial charge in [-0.25, -0.2) is 0 Å². The number of carbonyl (C=O) groups is 2. The molecular formula is C37H42N4O3. The first kappa shape index (κ1) is 31.0. The molecule has 1 fully saturated rings. The molecule has 1 unspecified atom stereocenters. The van der Waals surface area contributed by atoms with Gasteiger partial charge in [-0.1, -0.05) is 84.9 Å². The summed E-state index contributed by atoms with van der Waals surface area (Å²) in [5.74, 6) is 0.495. The number of rotatable bonds is 12. The third-order valence-corrected chi connectivity index (χ3v) is 8.29. The highest BCUT2D eigenvalue weighted by Crippen LogP contribution is 2.32. The van der Waals surface area contributed by atoms with Crippen LogP contribution in [-0.4, -0.2) is 60.4 Å². The van der Waals surface area contributed by atoms with Crippen LogP contribution in [0.1, 0.15) is 47.3 Å². The van der Waals surface area contributed by atoms with Gasteiger partial charge >= 0.3 is 0 Å². The molecule has 1 saturated heterocycles. The zero-order chi connectivity index (χ0) is 30.7. The van der Waals surface area contributed by atoms with E-state index in [9.17, 15) is 9.59 Å². The summed E-state index contributed by atoms with van der Waals surface area (Å²) in [6.45, 7) is 5.61. The number of benzene rings is 4. The van der Waals surface area contributed by atoms with Gasteiger partial charge in [0.15, 0.2) is 6.61 Å². The van der Waals surface area contributed by atoms with Crippen LogP contribution in [0.3, 0.4) is 0 Å². The van der Waals surface area contributed by atoms with E-state index >= 15 is 0 Å². The van der Waals surface area contributed by atoms with E-state index in [2.05, 4.69) is 53.5 Å². The van der Waals surface area contributed by atoms with Crippen molar-refractivity contribution in [3.05, 3.63) is 126 Å². The Bertz CT molecular complexity index is 1500. The van der Waals surface area contributed by atoms with Crippen molar-refractivity contribution in [3.8, 4) is 16.9 Å². The van der Waals surface area contributed by atoms with Crippen LogP contribution in [0, 0.1) is 0 Å². The zero-order valence-electron chi connectivity index (χ0n) is 25.4. The van der Waals surface area contributed by atoms with Crippen molar-refractivity contribution < 1.29 is 14.3 Å². The molecule has 0 spiro atoms. The predicted octanol–water partition coefficient (Wildman–Crippen LogP) is 5.68. The standard InChI is InChI=1S/C37H42N4O3/c1-28(30-13-10-14-31(25-30)34-17-8-9-18-35(34)37(43)39-22-21-38)41(36(42)27-44-33-15-6-3-7-16-33)32-19-23-40(24-20-32)26-29-11-4-2-5-12-29/h2-18,25,28,32H,19-24,26-27,38H2,1H3,(H,39,43). The first-order valence-electron chi connectivity index (χ1n) is 15.5. The van der Waals surface area contributed by atoms with Crippen molar-refractivity contribution in [2.75, 3.05) is 32.8 Å². The van der Waals surface area contributed by atoms with Gasteiger partial charge in [0, 0.05) is 44.3 Å². The molecule has 4 aromatic rings. The van der Waals surface area contributed by atoms with Crippen LogP contribution in [0.4, 0.5) is 0 Å². The van der Waals surface area contributed by atoms with Gasteiger partial charge in [0.25, 0.3) is 11.8 Å². The second-order valence-electron chi connectivity index (χ2n) is 11.3. The largest absolute Gasteiger partial charge is 0.484 e. The fourth-order valence-corrected chi connectivity index (χ4v) is 6.01. The van der Waals surface area contributed by atoms with Gasteiger partial charge in [0.05, 0.1) is 6.04 Å². The quantitative estimate of drug-likeness (QED) is 0.222. The van der Waals surface area contributed by atoms with E-state index in [1.807, 2.05) is 77.7 Å². The van der Waals surface area contributed by atoms with Crippen LogP contribution in [0.5, 0.6) is 5.75 Å². The van der Waals surface area contributed by atoms with Crippen LogP contribution in [0.2, 0.25) is 0 Å². The summed E-state index contributed by atoms with van der Waals surface area (Å²) < 4.78 is 5.94. The predicted molar refractivity (Wildman–Crippen MR) is 175 cm³/mol. The normalized spacial score (nSPS) is 14.5. The third-order valence-electron chi connectivity index (χ3n) is 8.29. The summed E-state index contributed by atoms with van der Waals surface area (Å²) in [5, 5.41) is 2.88. The molecule has 7 heteroatoms. The molecule has 0 aromatic heterocycles. The van der Waals surface area contributed by atoms with Crippen molar-refractivity contribution in [2.24, 2.45) is 5.73 Å². The van der Waals surface area contributed by atoms with Gasteiger partial charge in [0.2, 0.25) is 0 Å². The molecule has 228 valence electrons. The number of likely N-dealkylation sites (tertiary alicyclic amines) is 1. The number of hydrogen-bond donors (Lipinski definition) is 2. The topological polar surface area (TPSA) is 87.9 Å². The van der Waals surface area contributed by atoms with Crippen molar-refractivity contribution >= 4 is 11.8 Å². The monoisotopic (exact) mass is 590 g/mol. The summed E-state index contributed by atoms with van der Waals surface area (Å²) in [6.07, 6.45) is 1.77. The van der Waals surface area contributed by atoms with Crippen LogP contribution < -0.4 is 15.8 Å². The molecular weight excluding hydrogens is 548 g/mol. The highest BCUT2D eigenvalue weighted by atomic mass is 16.5. The lowest BCUT2D eigenvalue weighted by Gasteiger charge is -2.41. The van der Waals surface area contributed by atoms with Gasteiger partial charge in [-0.05, 0) is 66.3 Å². The maximum atomic E-state index is 13.9. The maximum Gasteiger partial charge on any atom is 0.261 e. The molecule has 0 radical (unpaired) electrons. The van der Waals surface area contributed by atoms with E-state index in [-0.39, 0.29) is 30.5 Å². The fraction of sp³-hybridized carbons (Fsp3) is 0.297. The Morgan fingerprint density at radius 1 is 0.909 bits per heavy atom. The highest BCUT2D eigenvalue weighted by molar-refractivity contribution is 6.00. The van der Waals surface area contributed by atoms with Gasteiger partial charge in [-0.2, -0.15) is 0 Å². The van der Waals surface area contributed by atoms with E-state index in [1.165, 1.54) is 5.56 Å². The van der Waals surface area contributed by atoms with E-state index in [0.717, 1.165) is 49.2 Å². The van der Waals surface area contributed by atoms with Crippen molar-refractivity contribution in [1.82, 2.24) is 15.1 Å². The molecule has 2 amide bonds. The summed E-state index contributed by atoms with van der Waals surface area (Å²) in [7, 11) is 0. The number of hydrogen-bond acceptors (Lipinski definition) is 5. The van der Waals surface area contributed by atoms with Crippen LogP contribution in [0.15, 0.2) is 109 Å². The molecule has 1 heterocycles. The molecule has 4 aromatic carbocycles. The Labute approximate surface area is 260 Å². The lowest BCUT2D eigenvalue weighted by molar-refractivity contribution is -0.139. The number of nitrogens with zero attached hydrogens (tertiary/aromatic N) is 2. The van der Waals surface area contributed by atoms with E-state index in [1.54, 1.807) is 0 Å². The smallest absolute Gasteiger partial charge is 0.261 e. The SMILES string of the molecule is CC(c1cccc(-c2ccccc2C(=O)NCCN)c1)N(C(=O)COc1ccccc1)C1CCN(Cc2ccccc2)CC1. The van der Waals surface area contributed by atoms with Gasteiger partial charge in [-0.3, -0.25) is 14.5 Å². The van der Waals surface area contributed by atoms with Gasteiger partial charge < -0.3 is 20.7 Å². The number of nitrogens with two attached hydrogens (primary N) is 1. The van der Waals surface area contributed by atoms with Crippen LogP contribution in [-0.2, 0) is 11.3 Å². The molecule has 7 nitrogen and oxygen atoms in total. The average molecular weight is 591 g/mol. The third kappa shape index (κ3) is 7.92. The Kier molecular flexibility index (Phi) is 10.8. The fourth-order valence-electron chi connectivity index (χ4n) is 6.01. The molecule has 3 N–H and O–H groups in total. The second-order valence-corrected chi connectivity index (χ2v) is 11.3. The van der Waals surface area contributed by atoms with Crippen molar-refractivity contribution in [3.63, 3.8) is 0 Å². The molecule has 1 aliphatic heterocycles. The van der Waals surface area contributed by atoms with Crippen LogP contribution >= 0.6 is 0 Å². The highest BCUT2D eigenvalue weighted by Gasteiger charge is 2.32. The van der Waals surface area contributed by atoms with Crippen molar-refractivity contribution in [1.29, 1.82) is 0 Å². The van der Waals surface area contributed by atoms with Crippen molar-refractivity contribution in [2.45, 2.75) is 38.4 Å².